The molecule has 2 saturated heterocycles. The predicted molar refractivity (Wildman–Crippen MR) is 146 cm³/mol. The van der Waals surface area contributed by atoms with Gasteiger partial charge in [0, 0.05) is 61.5 Å². The van der Waals surface area contributed by atoms with E-state index in [-0.39, 0.29) is 5.60 Å². The van der Waals surface area contributed by atoms with Crippen LogP contribution < -0.4 is 4.90 Å². The minimum absolute atomic E-state index is 0.174. The highest BCUT2D eigenvalue weighted by Gasteiger charge is 2.29. The van der Waals surface area contributed by atoms with Gasteiger partial charge in [-0.2, -0.15) is 5.10 Å². The van der Waals surface area contributed by atoms with Gasteiger partial charge in [0.2, 0.25) is 0 Å². The van der Waals surface area contributed by atoms with Crippen LogP contribution in [0.15, 0.2) is 37.1 Å². The smallest absolute Gasteiger partial charge is 0.156 e. The highest BCUT2D eigenvalue weighted by molar-refractivity contribution is 5.91. The largest absolute Gasteiger partial charge is 0.372 e. The zero-order valence-corrected chi connectivity index (χ0v) is 22.2. The summed E-state index contributed by atoms with van der Waals surface area (Å²) < 4.78 is 8.01. The van der Waals surface area contributed by atoms with Gasteiger partial charge in [0.05, 0.1) is 36.3 Å². The summed E-state index contributed by atoms with van der Waals surface area (Å²) in [7, 11) is 0. The quantitative estimate of drug-likeness (QED) is 0.433. The number of ether oxygens (including phenoxy) is 1. The Hall–Kier alpha value is -3.30. The number of pyridine rings is 1. The number of nitrogens with zero attached hydrogens (tertiary/aromatic N) is 7. The van der Waals surface area contributed by atoms with Gasteiger partial charge in [-0.15, -0.1) is 0 Å². The number of nitrogens with one attached hydrogen (secondary N) is 1. The Morgan fingerprint density at radius 3 is 2.68 bits per heavy atom. The van der Waals surface area contributed by atoms with Gasteiger partial charge in [-0.1, -0.05) is 6.92 Å². The number of likely N-dealkylation sites (tertiary alicyclic amines) is 1. The second-order valence-electron chi connectivity index (χ2n) is 10.9. The van der Waals surface area contributed by atoms with Crippen LogP contribution in [0.25, 0.3) is 33.5 Å². The normalized spacial score (nSPS) is 19.1. The van der Waals surface area contributed by atoms with E-state index in [1.54, 1.807) is 0 Å². The van der Waals surface area contributed by atoms with E-state index in [0.29, 0.717) is 12.6 Å². The van der Waals surface area contributed by atoms with Crippen molar-refractivity contribution < 1.29 is 4.74 Å². The number of anilines is 1. The monoisotopic (exact) mass is 500 g/mol. The number of piperidine rings is 1. The number of hydrogen-bond acceptors (Lipinski definition) is 7. The molecule has 6 rings (SSSR count). The average molecular weight is 501 g/mol. The van der Waals surface area contributed by atoms with Gasteiger partial charge in [-0.3, -0.25) is 4.68 Å². The molecule has 4 aromatic heterocycles. The van der Waals surface area contributed by atoms with Crippen molar-refractivity contribution in [1.82, 2.24) is 34.6 Å². The summed E-state index contributed by atoms with van der Waals surface area (Å²) in [5.41, 5.74) is 6.46. The van der Waals surface area contributed by atoms with E-state index in [9.17, 15) is 0 Å². The van der Waals surface area contributed by atoms with Crippen LogP contribution >= 0.6 is 0 Å². The second-order valence-corrected chi connectivity index (χ2v) is 10.9. The van der Waals surface area contributed by atoms with Crippen molar-refractivity contribution in [2.75, 3.05) is 44.2 Å². The van der Waals surface area contributed by atoms with Crippen molar-refractivity contribution >= 4 is 17.0 Å². The van der Waals surface area contributed by atoms with E-state index in [2.05, 4.69) is 64.4 Å². The molecular weight excluding hydrogens is 464 g/mol. The zero-order chi connectivity index (χ0) is 25.6. The Labute approximate surface area is 217 Å². The van der Waals surface area contributed by atoms with Gasteiger partial charge < -0.3 is 19.5 Å². The number of H-pyrrole nitrogens is 1. The Bertz CT molecular complexity index is 1400. The van der Waals surface area contributed by atoms with Gasteiger partial charge in [-0.25, -0.2) is 15.0 Å². The van der Waals surface area contributed by atoms with Crippen molar-refractivity contribution in [3.05, 3.63) is 42.6 Å². The molecule has 0 spiro atoms. The number of rotatable bonds is 5. The Morgan fingerprint density at radius 1 is 1.08 bits per heavy atom. The fourth-order valence-electron chi connectivity index (χ4n) is 5.66. The Balaban J connectivity index is 1.26. The first-order valence-electron chi connectivity index (χ1n) is 13.4. The molecule has 2 fully saturated rings. The molecular formula is C28H36N8O. The second kappa shape index (κ2) is 9.54. The van der Waals surface area contributed by atoms with Crippen LogP contribution in [0.3, 0.4) is 0 Å². The first kappa shape index (κ1) is 24.1. The maximum Gasteiger partial charge on any atom is 0.156 e. The van der Waals surface area contributed by atoms with Crippen LogP contribution in [0.1, 0.15) is 45.2 Å². The summed E-state index contributed by atoms with van der Waals surface area (Å²) in [5, 5.41) is 4.72. The van der Waals surface area contributed by atoms with Crippen LogP contribution in [-0.2, 0) is 4.74 Å². The van der Waals surface area contributed by atoms with Gasteiger partial charge in [0.15, 0.2) is 5.65 Å². The molecule has 1 N–H and O–H groups in total. The molecule has 4 aromatic rings. The van der Waals surface area contributed by atoms with E-state index in [0.717, 1.165) is 90.5 Å². The van der Waals surface area contributed by atoms with Crippen molar-refractivity contribution in [1.29, 1.82) is 0 Å². The number of morpholine rings is 1. The van der Waals surface area contributed by atoms with Crippen molar-refractivity contribution in [3.8, 4) is 22.4 Å². The third-order valence-electron chi connectivity index (χ3n) is 7.74. The topological polar surface area (TPSA) is 88.0 Å². The van der Waals surface area contributed by atoms with Crippen LogP contribution in [0, 0.1) is 6.92 Å². The lowest BCUT2D eigenvalue weighted by Crippen LogP contribution is -2.48. The van der Waals surface area contributed by atoms with Crippen LogP contribution in [0.2, 0.25) is 0 Å². The number of aryl methyl sites for hydroxylation is 1. The molecule has 0 radical (unpaired) electrons. The van der Waals surface area contributed by atoms with E-state index in [1.165, 1.54) is 0 Å². The molecule has 6 heterocycles. The SMILES string of the molecule is CCN1CCC(n2cc(-c3c[nH]c4ncc(-c5cnc(N6CCOC(C)(C)C6)c(C)c5)nc34)cn2)CC1. The first-order chi connectivity index (χ1) is 17.9. The molecule has 194 valence electrons. The summed E-state index contributed by atoms with van der Waals surface area (Å²) in [6, 6.07) is 2.61. The maximum atomic E-state index is 5.88. The lowest BCUT2D eigenvalue weighted by molar-refractivity contribution is -0.0279. The summed E-state index contributed by atoms with van der Waals surface area (Å²) >= 11 is 0. The van der Waals surface area contributed by atoms with Gasteiger partial charge in [0.25, 0.3) is 0 Å². The van der Waals surface area contributed by atoms with E-state index in [1.807, 2.05) is 24.8 Å². The number of fused-ring (bicyclic) bond motifs is 1. The minimum Gasteiger partial charge on any atom is -0.372 e. The van der Waals surface area contributed by atoms with E-state index >= 15 is 0 Å². The van der Waals surface area contributed by atoms with E-state index < -0.39 is 0 Å². The van der Waals surface area contributed by atoms with Crippen molar-refractivity contribution in [2.45, 2.75) is 52.2 Å². The molecule has 9 nitrogen and oxygen atoms in total. The highest BCUT2D eigenvalue weighted by Crippen LogP contribution is 2.31. The Kier molecular flexibility index (Phi) is 6.20. The lowest BCUT2D eigenvalue weighted by Gasteiger charge is -2.39. The molecule has 0 amide bonds. The highest BCUT2D eigenvalue weighted by atomic mass is 16.5. The summed E-state index contributed by atoms with van der Waals surface area (Å²) in [4.78, 5) is 22.6. The molecule has 0 bridgehead atoms. The molecule has 37 heavy (non-hydrogen) atoms. The summed E-state index contributed by atoms with van der Waals surface area (Å²) in [6.07, 6.45) is 12.1. The van der Waals surface area contributed by atoms with Crippen LogP contribution in [-0.4, -0.2) is 79.5 Å². The molecule has 0 atom stereocenters. The predicted octanol–water partition coefficient (Wildman–Crippen LogP) is 4.46. The number of aromatic nitrogens is 6. The molecule has 0 aromatic carbocycles. The van der Waals surface area contributed by atoms with Crippen LogP contribution in [0.4, 0.5) is 5.82 Å². The molecule has 0 aliphatic carbocycles. The van der Waals surface area contributed by atoms with Crippen LogP contribution in [0.5, 0.6) is 0 Å². The molecule has 0 saturated carbocycles. The first-order valence-corrected chi connectivity index (χ1v) is 13.4. The van der Waals surface area contributed by atoms with Gasteiger partial charge >= 0.3 is 0 Å². The maximum absolute atomic E-state index is 5.88. The van der Waals surface area contributed by atoms with Crippen molar-refractivity contribution in [2.24, 2.45) is 0 Å². The lowest BCUT2D eigenvalue weighted by atomic mass is 10.1. The van der Waals surface area contributed by atoms with Gasteiger partial charge in [-0.05, 0) is 51.8 Å². The van der Waals surface area contributed by atoms with Gasteiger partial charge in [0.1, 0.15) is 11.3 Å². The zero-order valence-electron chi connectivity index (χ0n) is 22.2. The molecule has 0 unspecified atom stereocenters. The van der Waals surface area contributed by atoms with Crippen molar-refractivity contribution in [3.63, 3.8) is 0 Å². The minimum atomic E-state index is -0.174. The third kappa shape index (κ3) is 4.73. The molecule has 9 heteroatoms. The summed E-state index contributed by atoms with van der Waals surface area (Å²) in [6.45, 7) is 14.4. The molecule has 2 aliphatic heterocycles. The third-order valence-corrected chi connectivity index (χ3v) is 7.74. The standard InChI is InChI=1S/C28H36N8O/c1-5-34-8-6-22(7-9-34)36-17-21(14-32-36)23-15-29-26-25(23)33-24(16-30-26)20-12-19(2)27(31-13-20)35-10-11-37-28(3,4)18-35/h12-17,22H,5-11,18H2,1-4H3,(H,29,30). The number of aromatic amines is 1. The fourth-order valence-corrected chi connectivity index (χ4v) is 5.66. The Morgan fingerprint density at radius 2 is 1.92 bits per heavy atom. The fraction of sp³-hybridized carbons (Fsp3) is 0.500. The average Bonchev–Trinajstić information content (AvgIpc) is 3.55. The molecule has 2 aliphatic rings. The summed E-state index contributed by atoms with van der Waals surface area (Å²) in [5.74, 6) is 1.01. The number of hydrogen-bond donors (Lipinski definition) is 1. The van der Waals surface area contributed by atoms with E-state index in [4.69, 9.17) is 19.8 Å².